The molecule has 0 atom stereocenters. The van der Waals surface area contributed by atoms with Crippen LogP contribution < -0.4 is 0 Å². The van der Waals surface area contributed by atoms with Gasteiger partial charge in [-0.2, -0.15) is 13.2 Å². The Bertz CT molecular complexity index is 1250. The lowest BCUT2D eigenvalue weighted by Gasteiger charge is -2.09. The number of benzene rings is 2. The summed E-state index contributed by atoms with van der Waals surface area (Å²) in [7, 11) is 0. The molecular formula is C21H15F4N4O2-. The SMILES string of the molecule is Cc1nc(-c2cccc(F)c2)ncc1C(=O)O.[NH-]n1ccc2ccc(C(F)(F)F)cc21. The zero-order valence-electron chi connectivity index (χ0n) is 16.0. The molecule has 0 aliphatic carbocycles. The van der Waals surface area contributed by atoms with Crippen LogP contribution in [-0.4, -0.2) is 25.7 Å². The third kappa shape index (κ3) is 4.97. The van der Waals surface area contributed by atoms with E-state index in [1.165, 1.54) is 30.6 Å². The summed E-state index contributed by atoms with van der Waals surface area (Å²) >= 11 is 0. The first kappa shape index (κ1) is 21.8. The molecule has 0 amide bonds. The second kappa shape index (κ2) is 8.42. The number of carboxylic acids is 1. The molecule has 6 nitrogen and oxygen atoms in total. The van der Waals surface area contributed by atoms with Gasteiger partial charge in [0, 0.05) is 17.3 Å². The van der Waals surface area contributed by atoms with Crippen molar-refractivity contribution in [3.05, 3.63) is 89.4 Å². The second-order valence-corrected chi connectivity index (χ2v) is 6.47. The maximum absolute atomic E-state index is 13.0. The molecule has 0 spiro atoms. The molecule has 31 heavy (non-hydrogen) atoms. The first-order valence-corrected chi connectivity index (χ1v) is 8.79. The topological polar surface area (TPSA) is 91.8 Å². The number of hydrogen-bond donors (Lipinski definition) is 1. The van der Waals surface area contributed by atoms with E-state index in [-0.39, 0.29) is 16.9 Å². The van der Waals surface area contributed by atoms with Crippen LogP contribution in [0.2, 0.25) is 0 Å². The van der Waals surface area contributed by atoms with Crippen LogP contribution in [0.3, 0.4) is 0 Å². The Balaban J connectivity index is 0.000000179. The van der Waals surface area contributed by atoms with Gasteiger partial charge in [-0.15, -0.1) is 0 Å². The predicted octanol–water partition coefficient (Wildman–Crippen LogP) is 5.76. The molecule has 2 aromatic heterocycles. The van der Waals surface area contributed by atoms with Crippen molar-refractivity contribution < 1.29 is 27.5 Å². The fourth-order valence-corrected chi connectivity index (χ4v) is 2.75. The smallest absolute Gasteiger partial charge is 0.416 e. The van der Waals surface area contributed by atoms with E-state index in [4.69, 9.17) is 10.9 Å². The number of fused-ring (bicyclic) bond motifs is 1. The maximum atomic E-state index is 13.0. The third-order valence-corrected chi connectivity index (χ3v) is 4.31. The molecule has 0 fully saturated rings. The van der Waals surface area contributed by atoms with E-state index in [0.29, 0.717) is 22.5 Å². The van der Waals surface area contributed by atoms with Gasteiger partial charge in [-0.05, 0) is 48.8 Å². The van der Waals surface area contributed by atoms with Gasteiger partial charge in [0.05, 0.1) is 16.8 Å². The van der Waals surface area contributed by atoms with Crippen LogP contribution in [-0.2, 0) is 6.18 Å². The van der Waals surface area contributed by atoms with Gasteiger partial charge >= 0.3 is 12.1 Å². The van der Waals surface area contributed by atoms with Crippen molar-refractivity contribution >= 4 is 16.9 Å². The number of rotatable bonds is 2. The summed E-state index contributed by atoms with van der Waals surface area (Å²) in [4.78, 5) is 18.7. The minimum atomic E-state index is -4.35. The molecule has 2 aromatic carbocycles. The number of aromatic nitrogens is 3. The number of halogens is 4. The quantitative estimate of drug-likeness (QED) is 0.408. The predicted molar refractivity (Wildman–Crippen MR) is 106 cm³/mol. The molecule has 2 heterocycles. The van der Waals surface area contributed by atoms with E-state index in [1.54, 1.807) is 25.1 Å². The van der Waals surface area contributed by atoms with E-state index in [2.05, 4.69) is 9.97 Å². The van der Waals surface area contributed by atoms with Crippen molar-refractivity contribution in [3.63, 3.8) is 0 Å². The van der Waals surface area contributed by atoms with Gasteiger partial charge in [-0.25, -0.2) is 19.2 Å². The fraction of sp³-hybridized carbons (Fsp3) is 0.0952. The number of carboxylic acid groups (broad SMARTS) is 1. The molecule has 0 unspecified atom stereocenters. The summed E-state index contributed by atoms with van der Waals surface area (Å²) in [5, 5.41) is 9.46. The van der Waals surface area contributed by atoms with Crippen LogP contribution in [0.25, 0.3) is 28.1 Å². The summed E-state index contributed by atoms with van der Waals surface area (Å²) in [5.74, 6) is 6.15. The van der Waals surface area contributed by atoms with Gasteiger partial charge in [0.15, 0.2) is 5.82 Å². The molecule has 2 N–H and O–H groups in total. The second-order valence-electron chi connectivity index (χ2n) is 6.47. The zero-order chi connectivity index (χ0) is 22.8. The fourth-order valence-electron chi connectivity index (χ4n) is 2.75. The standard InChI is InChI=1S/C12H9FN2O2.C9H6F3N2/c1-7-10(12(16)17)6-14-11(15-7)8-3-2-4-9(13)5-8;10-9(11,12)7-2-1-6-3-4-14(13)8(6)5-7/h2-6H,1H3,(H,16,17);1-5,13H/q;-1. The number of carbonyl (C=O) groups is 1. The van der Waals surface area contributed by atoms with Crippen molar-refractivity contribution in [2.45, 2.75) is 13.1 Å². The summed E-state index contributed by atoms with van der Waals surface area (Å²) in [6.07, 6.45) is -1.71. The summed E-state index contributed by atoms with van der Waals surface area (Å²) in [5.41, 5.74) is 0.457. The molecule has 0 bridgehead atoms. The van der Waals surface area contributed by atoms with Crippen molar-refractivity contribution in [1.29, 1.82) is 0 Å². The van der Waals surface area contributed by atoms with E-state index in [0.717, 1.165) is 16.8 Å². The summed E-state index contributed by atoms with van der Waals surface area (Å²) in [6, 6.07) is 10.8. The molecule has 160 valence electrons. The number of aromatic carboxylic acids is 1. The van der Waals surface area contributed by atoms with E-state index in [9.17, 15) is 22.4 Å². The van der Waals surface area contributed by atoms with Gasteiger partial charge < -0.3 is 15.6 Å². The highest BCUT2D eigenvalue weighted by Crippen LogP contribution is 2.31. The van der Waals surface area contributed by atoms with Crippen LogP contribution in [0.15, 0.2) is 60.9 Å². The minimum Gasteiger partial charge on any atom is -0.631 e. The van der Waals surface area contributed by atoms with Gasteiger partial charge in [0.25, 0.3) is 0 Å². The van der Waals surface area contributed by atoms with Crippen LogP contribution in [0.1, 0.15) is 21.6 Å². The normalized spacial score (nSPS) is 11.1. The van der Waals surface area contributed by atoms with Gasteiger partial charge in [0.2, 0.25) is 0 Å². The van der Waals surface area contributed by atoms with Gasteiger partial charge in [0.1, 0.15) is 5.82 Å². The minimum absolute atomic E-state index is 0.0464. The summed E-state index contributed by atoms with van der Waals surface area (Å²) in [6.45, 7) is 1.58. The Morgan fingerprint density at radius 2 is 1.87 bits per heavy atom. The van der Waals surface area contributed by atoms with Gasteiger partial charge in [-0.1, -0.05) is 18.2 Å². The Labute approximate surface area is 173 Å². The number of nitrogens with zero attached hydrogens (tertiary/aromatic N) is 3. The lowest BCUT2D eigenvalue weighted by atomic mass is 10.1. The van der Waals surface area contributed by atoms with Crippen molar-refractivity contribution in [1.82, 2.24) is 14.6 Å². The van der Waals surface area contributed by atoms with Crippen LogP contribution >= 0.6 is 0 Å². The monoisotopic (exact) mass is 431 g/mol. The molecule has 4 aromatic rings. The Morgan fingerprint density at radius 3 is 2.48 bits per heavy atom. The lowest BCUT2D eigenvalue weighted by Crippen LogP contribution is -2.04. The lowest BCUT2D eigenvalue weighted by molar-refractivity contribution is -0.137. The number of aryl methyl sites for hydroxylation is 1. The molecule has 0 aliphatic heterocycles. The highest BCUT2D eigenvalue weighted by atomic mass is 19.4. The average Bonchev–Trinajstić information content (AvgIpc) is 3.08. The van der Waals surface area contributed by atoms with Crippen molar-refractivity contribution in [3.8, 4) is 11.4 Å². The zero-order valence-corrected chi connectivity index (χ0v) is 16.0. The maximum Gasteiger partial charge on any atom is 0.416 e. The molecule has 0 radical (unpaired) electrons. The first-order valence-electron chi connectivity index (χ1n) is 8.79. The Kier molecular flexibility index (Phi) is 5.91. The van der Waals surface area contributed by atoms with Crippen LogP contribution in [0.4, 0.5) is 17.6 Å². The van der Waals surface area contributed by atoms with Crippen LogP contribution in [0.5, 0.6) is 0 Å². The molecule has 0 saturated heterocycles. The van der Waals surface area contributed by atoms with Crippen molar-refractivity contribution in [2.24, 2.45) is 0 Å². The number of hydrogen-bond acceptors (Lipinski definition) is 3. The summed E-state index contributed by atoms with van der Waals surface area (Å²) < 4.78 is 50.8. The molecule has 0 saturated carbocycles. The highest BCUT2D eigenvalue weighted by Gasteiger charge is 2.30. The molecular weight excluding hydrogens is 416 g/mol. The molecule has 10 heteroatoms. The average molecular weight is 431 g/mol. The number of alkyl halides is 3. The Morgan fingerprint density at radius 1 is 1.13 bits per heavy atom. The van der Waals surface area contributed by atoms with Crippen molar-refractivity contribution in [2.75, 3.05) is 0 Å². The van der Waals surface area contributed by atoms with E-state index in [1.807, 2.05) is 0 Å². The number of nitrogens with one attached hydrogen (secondary N) is 1. The molecule has 4 rings (SSSR count). The molecule has 0 aliphatic rings. The van der Waals surface area contributed by atoms with Gasteiger partial charge in [-0.3, -0.25) is 0 Å². The highest BCUT2D eigenvalue weighted by molar-refractivity contribution is 5.88. The Hall–Kier alpha value is -3.95. The first-order chi connectivity index (χ1) is 14.6. The van der Waals surface area contributed by atoms with E-state index >= 15 is 0 Å². The largest absolute Gasteiger partial charge is 0.631 e. The third-order valence-electron chi connectivity index (χ3n) is 4.31. The van der Waals surface area contributed by atoms with Crippen LogP contribution in [0, 0.1) is 12.7 Å². The van der Waals surface area contributed by atoms with E-state index < -0.39 is 17.7 Å².